The average molecular weight is 404 g/mol. The maximum Gasteiger partial charge on any atom is 0.254 e. The van der Waals surface area contributed by atoms with Crippen LogP contribution in [0.3, 0.4) is 0 Å². The van der Waals surface area contributed by atoms with Crippen molar-refractivity contribution in [3.63, 3.8) is 0 Å². The zero-order chi connectivity index (χ0) is 20.3. The number of sulfonamides is 1. The predicted octanol–water partition coefficient (Wildman–Crippen LogP) is 2.37. The van der Waals surface area contributed by atoms with Gasteiger partial charge < -0.3 is 14.4 Å². The van der Waals surface area contributed by atoms with Gasteiger partial charge in [-0.3, -0.25) is 4.79 Å². The molecule has 0 saturated carbocycles. The number of nitrogens with zero attached hydrogens (tertiary/aromatic N) is 2. The number of hydrogen-bond donors (Lipinski definition) is 0. The number of fused-ring (bicyclic) bond motifs is 1. The first kappa shape index (κ1) is 20.2. The highest BCUT2D eigenvalue weighted by molar-refractivity contribution is 7.89. The molecule has 1 heterocycles. The largest absolute Gasteiger partial charge is 0.486 e. The van der Waals surface area contributed by atoms with E-state index in [1.165, 1.54) is 26.2 Å². The monoisotopic (exact) mass is 404 g/mol. The van der Waals surface area contributed by atoms with E-state index in [-0.39, 0.29) is 10.8 Å². The van der Waals surface area contributed by atoms with Crippen molar-refractivity contribution < 1.29 is 22.7 Å². The fourth-order valence-electron chi connectivity index (χ4n) is 2.97. The molecule has 0 atom stereocenters. The van der Waals surface area contributed by atoms with Crippen LogP contribution in [0.4, 0.5) is 0 Å². The first-order chi connectivity index (χ1) is 13.3. The van der Waals surface area contributed by atoms with Gasteiger partial charge in [-0.1, -0.05) is 18.2 Å². The smallest absolute Gasteiger partial charge is 0.254 e. The summed E-state index contributed by atoms with van der Waals surface area (Å²) >= 11 is 0. The molecule has 0 radical (unpaired) electrons. The number of ether oxygens (including phenoxy) is 2. The fourth-order valence-corrected chi connectivity index (χ4v) is 3.92. The Kier molecular flexibility index (Phi) is 5.90. The maximum absolute atomic E-state index is 13.0. The van der Waals surface area contributed by atoms with E-state index >= 15 is 0 Å². The third kappa shape index (κ3) is 3.98. The van der Waals surface area contributed by atoms with Crippen molar-refractivity contribution in [2.75, 3.05) is 33.9 Å². The SMILES string of the molecule is CCN(Cc1cccc2c1OCCO2)C(=O)c1cccc(S(=O)(=O)N(C)C)c1. The van der Waals surface area contributed by atoms with Crippen molar-refractivity contribution in [3.05, 3.63) is 53.6 Å². The summed E-state index contributed by atoms with van der Waals surface area (Å²) < 4.78 is 37.2. The Bertz CT molecular complexity index is 972. The molecule has 0 fully saturated rings. The Balaban J connectivity index is 1.87. The molecule has 150 valence electrons. The molecule has 1 aliphatic rings. The van der Waals surface area contributed by atoms with E-state index in [1.807, 2.05) is 25.1 Å². The summed E-state index contributed by atoms with van der Waals surface area (Å²) in [5, 5.41) is 0. The molecule has 1 amide bonds. The number of carbonyl (C=O) groups is 1. The van der Waals surface area contributed by atoms with E-state index in [0.717, 1.165) is 9.87 Å². The first-order valence-corrected chi connectivity index (χ1v) is 10.5. The second-order valence-corrected chi connectivity index (χ2v) is 8.73. The van der Waals surface area contributed by atoms with Gasteiger partial charge in [0, 0.05) is 38.3 Å². The van der Waals surface area contributed by atoms with Crippen molar-refractivity contribution in [1.82, 2.24) is 9.21 Å². The molecule has 2 aromatic rings. The summed E-state index contributed by atoms with van der Waals surface area (Å²) in [5.41, 5.74) is 1.18. The standard InChI is InChI=1S/C20H24N2O5S/c1-4-22(14-16-8-6-10-18-19(16)27-12-11-26-18)20(23)15-7-5-9-17(13-15)28(24,25)21(2)3/h5-10,13H,4,11-12,14H2,1-3H3. The topological polar surface area (TPSA) is 76.1 Å². The third-order valence-corrected chi connectivity index (χ3v) is 6.35. The number of benzene rings is 2. The molecule has 0 bridgehead atoms. The van der Waals surface area contributed by atoms with Gasteiger partial charge in [-0.25, -0.2) is 12.7 Å². The van der Waals surface area contributed by atoms with Crippen LogP contribution in [-0.4, -0.2) is 57.4 Å². The molecule has 7 nitrogen and oxygen atoms in total. The summed E-state index contributed by atoms with van der Waals surface area (Å²) in [6.45, 7) is 3.65. The van der Waals surface area contributed by atoms with Gasteiger partial charge in [-0.2, -0.15) is 0 Å². The molecular weight excluding hydrogens is 380 g/mol. The summed E-state index contributed by atoms with van der Waals surface area (Å²) in [5.74, 6) is 1.09. The number of amides is 1. The Morgan fingerprint density at radius 1 is 1.07 bits per heavy atom. The van der Waals surface area contributed by atoms with Crippen molar-refractivity contribution in [2.45, 2.75) is 18.4 Å². The molecule has 3 rings (SSSR count). The lowest BCUT2D eigenvalue weighted by Gasteiger charge is -2.25. The van der Waals surface area contributed by atoms with Crippen LogP contribution in [0, 0.1) is 0 Å². The summed E-state index contributed by atoms with van der Waals surface area (Å²) in [6, 6.07) is 11.7. The summed E-state index contributed by atoms with van der Waals surface area (Å²) in [4.78, 5) is 14.8. The van der Waals surface area contributed by atoms with Crippen LogP contribution in [-0.2, 0) is 16.6 Å². The number of hydrogen-bond acceptors (Lipinski definition) is 5. The average Bonchev–Trinajstić information content (AvgIpc) is 2.71. The Hall–Kier alpha value is -2.58. The molecule has 0 aliphatic carbocycles. The lowest BCUT2D eigenvalue weighted by molar-refractivity contribution is 0.0749. The second-order valence-electron chi connectivity index (χ2n) is 6.58. The van der Waals surface area contributed by atoms with Crippen molar-refractivity contribution >= 4 is 15.9 Å². The highest BCUT2D eigenvalue weighted by Crippen LogP contribution is 2.34. The van der Waals surface area contributed by atoms with Crippen molar-refractivity contribution in [1.29, 1.82) is 0 Å². The highest BCUT2D eigenvalue weighted by Gasteiger charge is 2.23. The van der Waals surface area contributed by atoms with E-state index in [1.54, 1.807) is 17.0 Å². The van der Waals surface area contributed by atoms with Crippen LogP contribution in [0.2, 0.25) is 0 Å². The van der Waals surface area contributed by atoms with E-state index in [2.05, 4.69) is 0 Å². The maximum atomic E-state index is 13.0. The van der Waals surface area contributed by atoms with Gasteiger partial charge in [0.15, 0.2) is 11.5 Å². The molecule has 2 aromatic carbocycles. The van der Waals surface area contributed by atoms with Crippen LogP contribution in [0.15, 0.2) is 47.4 Å². The number of rotatable bonds is 6. The minimum Gasteiger partial charge on any atom is -0.486 e. The lowest BCUT2D eigenvalue weighted by atomic mass is 10.1. The molecule has 0 N–H and O–H groups in total. The third-order valence-electron chi connectivity index (χ3n) is 4.54. The van der Waals surface area contributed by atoms with Gasteiger partial charge in [-0.05, 0) is 31.2 Å². The molecule has 0 spiro atoms. The van der Waals surface area contributed by atoms with E-state index < -0.39 is 10.0 Å². The zero-order valence-corrected chi connectivity index (χ0v) is 17.0. The first-order valence-electron chi connectivity index (χ1n) is 9.04. The van der Waals surface area contributed by atoms with E-state index in [4.69, 9.17) is 9.47 Å². The molecule has 0 saturated heterocycles. The van der Waals surface area contributed by atoms with Gasteiger partial charge in [0.1, 0.15) is 13.2 Å². The van der Waals surface area contributed by atoms with E-state index in [0.29, 0.717) is 43.4 Å². The van der Waals surface area contributed by atoms with Gasteiger partial charge in [-0.15, -0.1) is 0 Å². The van der Waals surface area contributed by atoms with Gasteiger partial charge in [0.2, 0.25) is 10.0 Å². The lowest BCUT2D eigenvalue weighted by Crippen LogP contribution is -2.31. The van der Waals surface area contributed by atoms with E-state index in [9.17, 15) is 13.2 Å². The molecule has 0 aromatic heterocycles. The summed E-state index contributed by atoms with van der Waals surface area (Å²) in [7, 11) is -0.688. The molecule has 8 heteroatoms. The van der Waals surface area contributed by atoms with Crippen LogP contribution in [0.25, 0.3) is 0 Å². The Labute approximate surface area is 165 Å². The molecular formula is C20H24N2O5S. The molecule has 1 aliphatic heterocycles. The van der Waals surface area contributed by atoms with Crippen LogP contribution in [0.5, 0.6) is 11.5 Å². The van der Waals surface area contributed by atoms with Crippen LogP contribution in [0.1, 0.15) is 22.8 Å². The normalized spacial score (nSPS) is 13.4. The highest BCUT2D eigenvalue weighted by atomic mass is 32.2. The van der Waals surface area contributed by atoms with Gasteiger partial charge in [0.25, 0.3) is 5.91 Å². The van der Waals surface area contributed by atoms with Gasteiger partial charge in [0.05, 0.1) is 4.90 Å². The number of para-hydroxylation sites is 1. The molecule has 0 unspecified atom stereocenters. The Morgan fingerprint density at radius 3 is 2.50 bits per heavy atom. The number of carbonyl (C=O) groups excluding carboxylic acids is 1. The fraction of sp³-hybridized carbons (Fsp3) is 0.350. The van der Waals surface area contributed by atoms with Crippen LogP contribution < -0.4 is 9.47 Å². The van der Waals surface area contributed by atoms with Crippen molar-refractivity contribution in [2.24, 2.45) is 0 Å². The molecule has 28 heavy (non-hydrogen) atoms. The summed E-state index contributed by atoms with van der Waals surface area (Å²) in [6.07, 6.45) is 0. The Morgan fingerprint density at radius 2 is 1.79 bits per heavy atom. The van der Waals surface area contributed by atoms with Crippen LogP contribution >= 0.6 is 0 Å². The van der Waals surface area contributed by atoms with Crippen molar-refractivity contribution in [3.8, 4) is 11.5 Å². The van der Waals surface area contributed by atoms with Gasteiger partial charge >= 0.3 is 0 Å². The minimum atomic E-state index is -3.61. The second kappa shape index (κ2) is 8.20. The predicted molar refractivity (Wildman–Crippen MR) is 105 cm³/mol. The minimum absolute atomic E-state index is 0.0910. The zero-order valence-electron chi connectivity index (χ0n) is 16.2. The quantitative estimate of drug-likeness (QED) is 0.739.